The largest absolute Gasteiger partial charge is 0.384 e. The maximum atomic E-state index is 5.93. The van der Waals surface area contributed by atoms with E-state index in [1.807, 2.05) is 7.05 Å². The average Bonchev–Trinajstić information content (AvgIpc) is 3.02. The lowest BCUT2D eigenvalue weighted by Crippen LogP contribution is -2.05. The first-order valence-corrected chi connectivity index (χ1v) is 7.24. The number of thiophene rings is 1. The molecule has 20 heavy (non-hydrogen) atoms. The molecule has 3 heterocycles. The Kier molecular flexibility index (Phi) is 3.27. The molecule has 0 saturated carbocycles. The minimum Gasteiger partial charge on any atom is -0.384 e. The summed E-state index contributed by atoms with van der Waals surface area (Å²) >= 11 is 1.71. The third kappa shape index (κ3) is 2.20. The molecule has 0 saturated heterocycles. The number of aromatic nitrogens is 4. The molecule has 0 bridgehead atoms. The van der Waals surface area contributed by atoms with Gasteiger partial charge in [0.1, 0.15) is 22.8 Å². The Hall–Kier alpha value is -2.15. The first-order valence-electron chi connectivity index (χ1n) is 6.42. The summed E-state index contributed by atoms with van der Waals surface area (Å²) in [5.74, 6) is 1.51. The van der Waals surface area contributed by atoms with Gasteiger partial charge in [-0.15, -0.1) is 11.3 Å². The fourth-order valence-corrected chi connectivity index (χ4v) is 2.96. The van der Waals surface area contributed by atoms with E-state index in [-0.39, 0.29) is 0 Å². The number of nitrogens with zero attached hydrogens (tertiary/aromatic N) is 4. The van der Waals surface area contributed by atoms with Crippen LogP contribution in [0.4, 0.5) is 11.6 Å². The molecule has 0 spiro atoms. The van der Waals surface area contributed by atoms with Crippen molar-refractivity contribution < 1.29 is 0 Å². The molecule has 0 aliphatic heterocycles. The van der Waals surface area contributed by atoms with Crippen LogP contribution in [-0.2, 0) is 20.0 Å². The predicted octanol–water partition coefficient (Wildman–Crippen LogP) is 2.18. The van der Waals surface area contributed by atoms with Crippen LogP contribution in [0.25, 0.3) is 10.2 Å². The van der Waals surface area contributed by atoms with Crippen molar-refractivity contribution in [3.8, 4) is 0 Å². The molecule has 0 amide bonds. The molecular formula is C13H16N6S. The van der Waals surface area contributed by atoms with Crippen LogP contribution in [0.1, 0.15) is 17.4 Å². The average molecular weight is 288 g/mol. The van der Waals surface area contributed by atoms with Crippen LogP contribution in [0.5, 0.6) is 0 Å². The number of nitrogens with two attached hydrogens (primary N) is 1. The highest BCUT2D eigenvalue weighted by molar-refractivity contribution is 7.18. The van der Waals surface area contributed by atoms with E-state index in [1.165, 1.54) is 4.88 Å². The molecule has 0 fully saturated rings. The van der Waals surface area contributed by atoms with Crippen molar-refractivity contribution in [1.82, 2.24) is 19.7 Å². The number of anilines is 2. The van der Waals surface area contributed by atoms with Gasteiger partial charge in [0.05, 0.1) is 11.6 Å². The Balaban J connectivity index is 1.87. The minimum absolute atomic E-state index is 0.600. The molecule has 0 aliphatic rings. The van der Waals surface area contributed by atoms with Crippen molar-refractivity contribution in [3.63, 3.8) is 0 Å². The predicted molar refractivity (Wildman–Crippen MR) is 81.7 cm³/mol. The van der Waals surface area contributed by atoms with Crippen molar-refractivity contribution >= 4 is 33.2 Å². The van der Waals surface area contributed by atoms with Crippen molar-refractivity contribution in [2.75, 3.05) is 11.1 Å². The molecule has 7 heteroatoms. The maximum absolute atomic E-state index is 5.93. The van der Waals surface area contributed by atoms with Crippen molar-refractivity contribution in [2.45, 2.75) is 19.9 Å². The number of nitrogen functional groups attached to an aromatic ring is 1. The summed E-state index contributed by atoms with van der Waals surface area (Å²) in [5, 5.41) is 8.51. The second kappa shape index (κ2) is 5.09. The van der Waals surface area contributed by atoms with Gasteiger partial charge in [0.2, 0.25) is 0 Å². The Morgan fingerprint density at radius 3 is 2.95 bits per heavy atom. The van der Waals surface area contributed by atoms with E-state index in [0.717, 1.165) is 28.0 Å². The molecule has 0 unspecified atom stereocenters. The summed E-state index contributed by atoms with van der Waals surface area (Å²) in [6, 6.07) is 2.15. The highest BCUT2D eigenvalue weighted by Gasteiger charge is 2.09. The van der Waals surface area contributed by atoms with Gasteiger partial charge in [-0.25, -0.2) is 9.97 Å². The van der Waals surface area contributed by atoms with Crippen LogP contribution in [-0.4, -0.2) is 19.7 Å². The normalized spacial score (nSPS) is 11.1. The number of nitrogens with one attached hydrogen (secondary N) is 1. The molecule has 3 aromatic heterocycles. The third-order valence-electron chi connectivity index (χ3n) is 3.24. The Bertz CT molecular complexity index is 744. The van der Waals surface area contributed by atoms with E-state index in [9.17, 15) is 0 Å². The monoisotopic (exact) mass is 288 g/mol. The second-order valence-corrected chi connectivity index (χ2v) is 5.65. The highest BCUT2D eigenvalue weighted by Crippen LogP contribution is 2.28. The number of rotatable bonds is 4. The maximum Gasteiger partial charge on any atom is 0.138 e. The third-order valence-corrected chi connectivity index (χ3v) is 4.43. The van der Waals surface area contributed by atoms with Crippen LogP contribution in [0.15, 0.2) is 18.6 Å². The van der Waals surface area contributed by atoms with Crippen molar-refractivity contribution in [1.29, 1.82) is 0 Å². The molecule has 6 nitrogen and oxygen atoms in total. The first-order chi connectivity index (χ1) is 9.69. The SMILES string of the molecule is CCc1cc2c(NCc3cnn(C)c3N)ncnc2s1. The summed E-state index contributed by atoms with van der Waals surface area (Å²) in [6.07, 6.45) is 4.37. The zero-order valence-electron chi connectivity index (χ0n) is 11.4. The smallest absolute Gasteiger partial charge is 0.138 e. The number of hydrogen-bond acceptors (Lipinski definition) is 6. The highest BCUT2D eigenvalue weighted by atomic mass is 32.1. The van der Waals surface area contributed by atoms with Gasteiger partial charge in [0.15, 0.2) is 0 Å². The Morgan fingerprint density at radius 2 is 2.25 bits per heavy atom. The van der Waals surface area contributed by atoms with E-state index in [1.54, 1.807) is 28.5 Å². The molecule has 0 aromatic carbocycles. The van der Waals surface area contributed by atoms with Gasteiger partial charge in [-0.3, -0.25) is 4.68 Å². The van der Waals surface area contributed by atoms with Gasteiger partial charge >= 0.3 is 0 Å². The van der Waals surface area contributed by atoms with Crippen LogP contribution in [0.2, 0.25) is 0 Å². The summed E-state index contributed by atoms with van der Waals surface area (Å²) in [7, 11) is 1.83. The molecule has 0 radical (unpaired) electrons. The van der Waals surface area contributed by atoms with Gasteiger partial charge in [-0.1, -0.05) is 6.92 Å². The number of aryl methyl sites for hydroxylation is 2. The van der Waals surface area contributed by atoms with Crippen LogP contribution >= 0.6 is 11.3 Å². The standard InChI is InChI=1S/C13H16N6S/c1-3-9-4-10-12(16-7-17-13(10)20-9)15-5-8-6-18-19(2)11(8)14/h4,6-7H,3,5,14H2,1-2H3,(H,15,16,17). The lowest BCUT2D eigenvalue weighted by Gasteiger charge is -2.05. The molecule has 3 aromatic rings. The second-order valence-electron chi connectivity index (χ2n) is 4.54. The van der Waals surface area contributed by atoms with Crippen LogP contribution in [0, 0.1) is 0 Å². The van der Waals surface area contributed by atoms with E-state index in [0.29, 0.717) is 12.4 Å². The van der Waals surface area contributed by atoms with E-state index in [4.69, 9.17) is 5.73 Å². The topological polar surface area (TPSA) is 81.7 Å². The number of hydrogen-bond donors (Lipinski definition) is 2. The first kappa shape index (κ1) is 12.9. The number of fused-ring (bicyclic) bond motifs is 1. The Morgan fingerprint density at radius 1 is 1.40 bits per heavy atom. The van der Waals surface area contributed by atoms with Gasteiger partial charge in [-0.05, 0) is 12.5 Å². The summed E-state index contributed by atoms with van der Waals surface area (Å²) in [6.45, 7) is 2.74. The summed E-state index contributed by atoms with van der Waals surface area (Å²) in [5.41, 5.74) is 6.90. The summed E-state index contributed by atoms with van der Waals surface area (Å²) < 4.78 is 1.66. The molecule has 3 rings (SSSR count). The van der Waals surface area contributed by atoms with Crippen molar-refractivity contribution in [2.24, 2.45) is 7.05 Å². The van der Waals surface area contributed by atoms with E-state index < -0.39 is 0 Å². The molecule has 104 valence electrons. The lowest BCUT2D eigenvalue weighted by molar-refractivity contribution is 0.778. The molecule has 0 aliphatic carbocycles. The zero-order valence-corrected chi connectivity index (χ0v) is 12.2. The van der Waals surface area contributed by atoms with Crippen LogP contribution in [0.3, 0.4) is 0 Å². The van der Waals surface area contributed by atoms with Crippen molar-refractivity contribution in [3.05, 3.63) is 29.0 Å². The molecule has 3 N–H and O–H groups in total. The molecule has 0 atom stereocenters. The lowest BCUT2D eigenvalue weighted by atomic mass is 10.3. The minimum atomic E-state index is 0.600. The van der Waals surface area contributed by atoms with Gasteiger partial charge < -0.3 is 11.1 Å². The molecular weight excluding hydrogens is 272 g/mol. The van der Waals surface area contributed by atoms with Crippen LogP contribution < -0.4 is 11.1 Å². The quantitative estimate of drug-likeness (QED) is 0.769. The van der Waals surface area contributed by atoms with Gasteiger partial charge in [-0.2, -0.15) is 5.10 Å². The van der Waals surface area contributed by atoms with Gasteiger partial charge in [0.25, 0.3) is 0 Å². The summed E-state index contributed by atoms with van der Waals surface area (Å²) in [4.78, 5) is 11.0. The van der Waals surface area contributed by atoms with Gasteiger partial charge in [0, 0.05) is 24.0 Å². The van der Waals surface area contributed by atoms with E-state index >= 15 is 0 Å². The fourth-order valence-electron chi connectivity index (χ4n) is 2.03. The zero-order chi connectivity index (χ0) is 14.1. The Labute approximate surface area is 120 Å². The van der Waals surface area contributed by atoms with E-state index in [2.05, 4.69) is 33.4 Å². The fraction of sp³-hybridized carbons (Fsp3) is 0.308.